The summed E-state index contributed by atoms with van der Waals surface area (Å²) in [5, 5.41) is 4.45. The molecule has 0 aromatic carbocycles. The van der Waals surface area contributed by atoms with E-state index in [9.17, 15) is 0 Å². The first-order chi connectivity index (χ1) is 9.70. The third-order valence-corrected chi connectivity index (χ3v) is 6.25. The van der Waals surface area contributed by atoms with Gasteiger partial charge in [0.2, 0.25) is 0 Å². The first-order valence-electron chi connectivity index (χ1n) is 8.22. The highest BCUT2D eigenvalue weighted by Crippen LogP contribution is 2.45. The second-order valence-corrected chi connectivity index (χ2v) is 7.74. The Morgan fingerprint density at radius 3 is 2.40 bits per heavy atom. The van der Waals surface area contributed by atoms with Crippen molar-refractivity contribution >= 4 is 11.3 Å². The lowest BCUT2D eigenvalue weighted by molar-refractivity contribution is 0.0393. The summed E-state index contributed by atoms with van der Waals surface area (Å²) in [6.45, 7) is 4.64. The van der Waals surface area contributed by atoms with Crippen molar-refractivity contribution in [2.45, 2.75) is 64.0 Å². The Morgan fingerprint density at radius 2 is 1.85 bits per heavy atom. The molecule has 20 heavy (non-hydrogen) atoms. The van der Waals surface area contributed by atoms with Crippen LogP contribution in [0.4, 0.5) is 0 Å². The van der Waals surface area contributed by atoms with Crippen molar-refractivity contribution in [1.82, 2.24) is 4.90 Å². The van der Waals surface area contributed by atoms with E-state index < -0.39 is 0 Å². The molecule has 3 heteroatoms. The summed E-state index contributed by atoms with van der Waals surface area (Å²) in [6, 6.07) is 2.89. The van der Waals surface area contributed by atoms with Gasteiger partial charge in [-0.1, -0.05) is 19.3 Å². The zero-order valence-corrected chi connectivity index (χ0v) is 13.5. The molecular weight excluding hydrogens is 264 g/mol. The van der Waals surface area contributed by atoms with Crippen molar-refractivity contribution in [3.05, 3.63) is 22.4 Å². The van der Waals surface area contributed by atoms with Crippen LogP contribution in [-0.2, 0) is 0 Å². The Balaban J connectivity index is 1.66. The maximum atomic E-state index is 6.29. The number of rotatable bonds is 3. The van der Waals surface area contributed by atoms with Gasteiger partial charge in [-0.3, -0.25) is 4.90 Å². The molecule has 2 fully saturated rings. The number of nitrogens with zero attached hydrogens (tertiary/aromatic N) is 1. The number of nitrogens with two attached hydrogens (primary N) is 1. The Morgan fingerprint density at radius 1 is 1.15 bits per heavy atom. The van der Waals surface area contributed by atoms with Gasteiger partial charge in [-0.05, 0) is 73.5 Å². The average molecular weight is 292 g/mol. The van der Waals surface area contributed by atoms with Gasteiger partial charge in [0.25, 0.3) is 0 Å². The second kappa shape index (κ2) is 6.17. The third kappa shape index (κ3) is 2.95. The lowest BCUT2D eigenvalue weighted by Gasteiger charge is -2.47. The molecular formula is C17H28N2S. The van der Waals surface area contributed by atoms with Crippen LogP contribution >= 0.6 is 11.3 Å². The van der Waals surface area contributed by atoms with Gasteiger partial charge in [0.05, 0.1) is 6.04 Å². The van der Waals surface area contributed by atoms with E-state index in [2.05, 4.69) is 28.7 Å². The van der Waals surface area contributed by atoms with Gasteiger partial charge < -0.3 is 5.73 Å². The minimum absolute atomic E-state index is 0.213. The molecule has 2 unspecified atom stereocenters. The fourth-order valence-corrected chi connectivity index (χ4v) is 5.06. The summed E-state index contributed by atoms with van der Waals surface area (Å²) in [6.07, 6.45) is 10.1. The van der Waals surface area contributed by atoms with Gasteiger partial charge >= 0.3 is 0 Å². The summed E-state index contributed by atoms with van der Waals surface area (Å²) in [7, 11) is 0. The molecule has 0 amide bonds. The number of piperidine rings is 1. The first-order valence-corrected chi connectivity index (χ1v) is 9.16. The van der Waals surface area contributed by atoms with Crippen LogP contribution in [0.15, 0.2) is 16.8 Å². The molecule has 1 aliphatic carbocycles. The van der Waals surface area contributed by atoms with Crippen LogP contribution in [0.2, 0.25) is 0 Å². The topological polar surface area (TPSA) is 29.3 Å². The van der Waals surface area contributed by atoms with Crippen LogP contribution in [0.5, 0.6) is 0 Å². The lowest BCUT2D eigenvalue weighted by atomic mass is 9.68. The van der Waals surface area contributed by atoms with Crippen molar-refractivity contribution < 1.29 is 0 Å². The van der Waals surface area contributed by atoms with E-state index in [1.54, 1.807) is 11.3 Å². The molecule has 1 spiro atoms. The molecule has 1 saturated carbocycles. The van der Waals surface area contributed by atoms with E-state index in [0.717, 1.165) is 0 Å². The van der Waals surface area contributed by atoms with Crippen LogP contribution < -0.4 is 5.73 Å². The van der Waals surface area contributed by atoms with E-state index >= 15 is 0 Å². The van der Waals surface area contributed by atoms with E-state index in [-0.39, 0.29) is 6.04 Å². The average Bonchev–Trinajstić information content (AvgIpc) is 2.96. The maximum absolute atomic E-state index is 6.29. The highest BCUT2D eigenvalue weighted by molar-refractivity contribution is 7.07. The van der Waals surface area contributed by atoms with Crippen molar-refractivity contribution in [2.24, 2.45) is 11.1 Å². The lowest BCUT2D eigenvalue weighted by Crippen LogP contribution is -2.46. The second-order valence-electron chi connectivity index (χ2n) is 6.96. The van der Waals surface area contributed by atoms with Gasteiger partial charge in [0.1, 0.15) is 0 Å². The highest BCUT2D eigenvalue weighted by Gasteiger charge is 2.38. The van der Waals surface area contributed by atoms with Crippen LogP contribution in [0.3, 0.4) is 0 Å². The quantitative estimate of drug-likeness (QED) is 0.905. The number of likely N-dealkylation sites (tertiary alicyclic amines) is 1. The zero-order valence-electron chi connectivity index (χ0n) is 12.7. The molecule has 3 rings (SSSR count). The summed E-state index contributed by atoms with van der Waals surface area (Å²) in [5.74, 6) is 0. The van der Waals surface area contributed by atoms with Gasteiger partial charge in [-0.15, -0.1) is 0 Å². The Labute approximate surface area is 127 Å². The molecule has 1 aliphatic heterocycles. The number of thiophene rings is 1. The standard InChI is InChI=1S/C17H28N2S/c1-14(18)16(15-5-12-20-13-15)19-10-8-17(9-11-19)6-3-2-4-7-17/h5,12-14,16H,2-4,6-11,18H2,1H3. The largest absolute Gasteiger partial charge is 0.326 e. The first kappa shape index (κ1) is 14.6. The summed E-state index contributed by atoms with van der Waals surface area (Å²) >= 11 is 1.79. The molecule has 2 nitrogen and oxygen atoms in total. The minimum atomic E-state index is 0.213. The van der Waals surface area contributed by atoms with Crippen molar-refractivity contribution in [2.75, 3.05) is 13.1 Å². The number of hydrogen-bond donors (Lipinski definition) is 1. The summed E-state index contributed by atoms with van der Waals surface area (Å²) in [5.41, 5.74) is 8.40. The van der Waals surface area contributed by atoms with Gasteiger partial charge in [0.15, 0.2) is 0 Å². The van der Waals surface area contributed by atoms with Crippen molar-refractivity contribution in [3.63, 3.8) is 0 Å². The van der Waals surface area contributed by atoms with Crippen LogP contribution in [0.25, 0.3) is 0 Å². The Bertz CT molecular complexity index is 397. The Hall–Kier alpha value is -0.380. The predicted octanol–water partition coefficient (Wildman–Crippen LogP) is 4.18. The molecule has 1 aromatic rings. The van der Waals surface area contributed by atoms with Crippen molar-refractivity contribution in [3.8, 4) is 0 Å². The molecule has 112 valence electrons. The Kier molecular flexibility index (Phi) is 4.49. The molecule has 0 radical (unpaired) electrons. The predicted molar refractivity (Wildman–Crippen MR) is 87.0 cm³/mol. The molecule has 2 heterocycles. The fraction of sp³-hybridized carbons (Fsp3) is 0.765. The number of hydrogen-bond acceptors (Lipinski definition) is 3. The van der Waals surface area contributed by atoms with E-state index in [1.807, 2.05) is 0 Å². The third-order valence-electron chi connectivity index (χ3n) is 5.55. The molecule has 1 saturated heterocycles. The molecule has 2 N–H and O–H groups in total. The summed E-state index contributed by atoms with van der Waals surface area (Å²) < 4.78 is 0. The molecule has 1 aromatic heterocycles. The minimum Gasteiger partial charge on any atom is -0.326 e. The van der Waals surface area contributed by atoms with Crippen LogP contribution in [-0.4, -0.2) is 24.0 Å². The van der Waals surface area contributed by atoms with Gasteiger partial charge in [0, 0.05) is 6.04 Å². The molecule has 0 bridgehead atoms. The van der Waals surface area contributed by atoms with Crippen LogP contribution in [0, 0.1) is 5.41 Å². The van der Waals surface area contributed by atoms with Gasteiger partial charge in [-0.2, -0.15) is 11.3 Å². The highest BCUT2D eigenvalue weighted by atomic mass is 32.1. The smallest absolute Gasteiger partial charge is 0.0504 e. The molecule has 2 atom stereocenters. The molecule has 2 aliphatic rings. The SMILES string of the molecule is CC(N)C(c1ccsc1)N1CCC2(CCCCC2)CC1. The monoisotopic (exact) mass is 292 g/mol. The van der Waals surface area contributed by atoms with E-state index in [4.69, 9.17) is 5.73 Å². The maximum Gasteiger partial charge on any atom is 0.0504 e. The summed E-state index contributed by atoms with van der Waals surface area (Å²) in [4.78, 5) is 2.65. The normalized spacial score (nSPS) is 26.5. The van der Waals surface area contributed by atoms with Crippen LogP contribution in [0.1, 0.15) is 63.5 Å². The van der Waals surface area contributed by atoms with Gasteiger partial charge in [-0.25, -0.2) is 0 Å². The zero-order chi connectivity index (χ0) is 14.0. The van der Waals surface area contributed by atoms with Crippen molar-refractivity contribution in [1.29, 1.82) is 0 Å². The van der Waals surface area contributed by atoms with E-state index in [0.29, 0.717) is 11.5 Å². The fourth-order valence-electron chi connectivity index (χ4n) is 4.37. The van der Waals surface area contributed by atoms with E-state index in [1.165, 1.54) is 63.6 Å².